The van der Waals surface area contributed by atoms with Crippen molar-refractivity contribution >= 4 is 40.0 Å². The first-order valence-corrected chi connectivity index (χ1v) is 10.2. The highest BCUT2D eigenvalue weighted by molar-refractivity contribution is 7.99. The number of ketones is 1. The lowest BCUT2D eigenvalue weighted by atomic mass is 10.0. The number of hydrogen-bond donors (Lipinski definition) is 1. The average molecular weight is 417 g/mol. The van der Waals surface area contributed by atoms with Gasteiger partial charge in [-0.15, -0.1) is 0 Å². The van der Waals surface area contributed by atoms with Crippen LogP contribution >= 0.6 is 23.4 Å². The Bertz CT molecular complexity index is 1110. The lowest BCUT2D eigenvalue weighted by Crippen LogP contribution is -2.28. The van der Waals surface area contributed by atoms with Crippen LogP contribution in [0.15, 0.2) is 46.3 Å². The third-order valence-corrected chi connectivity index (χ3v) is 5.56. The van der Waals surface area contributed by atoms with E-state index in [0.29, 0.717) is 26.6 Å². The van der Waals surface area contributed by atoms with Gasteiger partial charge in [-0.05, 0) is 44.5 Å². The average Bonchev–Trinajstić information content (AvgIpc) is 2.62. The van der Waals surface area contributed by atoms with Crippen LogP contribution in [0.25, 0.3) is 10.9 Å². The number of aromatic nitrogens is 2. The number of aliphatic hydroxyl groups is 1. The van der Waals surface area contributed by atoms with Crippen molar-refractivity contribution in [1.82, 2.24) is 9.55 Å². The summed E-state index contributed by atoms with van der Waals surface area (Å²) in [6.45, 7) is 5.59. The van der Waals surface area contributed by atoms with Crippen LogP contribution in [-0.4, -0.2) is 32.3 Å². The van der Waals surface area contributed by atoms with E-state index in [1.54, 1.807) is 25.1 Å². The summed E-state index contributed by atoms with van der Waals surface area (Å²) in [6, 6.07) is 10.6. The van der Waals surface area contributed by atoms with Gasteiger partial charge >= 0.3 is 0 Å². The minimum absolute atomic E-state index is 0.0356. The summed E-state index contributed by atoms with van der Waals surface area (Å²) < 4.78 is 1.42. The zero-order valence-corrected chi connectivity index (χ0v) is 17.5. The molecule has 0 aliphatic carbocycles. The molecular formula is C21H21ClN2O3S. The fourth-order valence-corrected chi connectivity index (χ4v) is 4.10. The number of hydrogen-bond acceptors (Lipinski definition) is 5. The molecule has 146 valence electrons. The molecule has 0 unspecified atom stereocenters. The van der Waals surface area contributed by atoms with Gasteiger partial charge in [0.05, 0.1) is 29.3 Å². The van der Waals surface area contributed by atoms with Gasteiger partial charge in [0, 0.05) is 10.6 Å². The molecule has 28 heavy (non-hydrogen) atoms. The molecule has 1 aromatic heterocycles. The van der Waals surface area contributed by atoms with Gasteiger partial charge < -0.3 is 5.11 Å². The number of nitrogens with zero attached hydrogens (tertiary/aromatic N) is 2. The number of aryl methyl sites for hydroxylation is 2. The molecule has 0 bridgehead atoms. The van der Waals surface area contributed by atoms with E-state index in [-0.39, 0.29) is 23.6 Å². The minimum atomic E-state index is -0.723. The van der Waals surface area contributed by atoms with E-state index < -0.39 is 6.10 Å². The van der Waals surface area contributed by atoms with Crippen LogP contribution in [0.5, 0.6) is 0 Å². The number of fused-ring (bicyclic) bond motifs is 1. The molecule has 0 amide bonds. The van der Waals surface area contributed by atoms with Crippen LogP contribution < -0.4 is 5.56 Å². The van der Waals surface area contributed by atoms with Gasteiger partial charge in [-0.1, -0.05) is 47.1 Å². The summed E-state index contributed by atoms with van der Waals surface area (Å²) in [5.41, 5.74) is 2.89. The predicted molar refractivity (Wildman–Crippen MR) is 114 cm³/mol. The van der Waals surface area contributed by atoms with Gasteiger partial charge in [-0.25, -0.2) is 4.98 Å². The Hall–Kier alpha value is -2.15. The van der Waals surface area contributed by atoms with E-state index in [2.05, 4.69) is 4.98 Å². The number of aliphatic hydroxyl groups excluding tert-OH is 1. The van der Waals surface area contributed by atoms with Crippen molar-refractivity contribution < 1.29 is 9.90 Å². The predicted octanol–water partition coefficient (Wildman–Crippen LogP) is 4.02. The topological polar surface area (TPSA) is 72.2 Å². The molecule has 0 radical (unpaired) electrons. The molecule has 3 rings (SSSR count). The SMILES string of the molecule is Cc1ccc(C(=O)CSc2nc3cc(Cl)ccc3c(=O)n2C[C@@H](C)O)c(C)c1. The highest BCUT2D eigenvalue weighted by atomic mass is 35.5. The molecule has 7 heteroatoms. The Balaban J connectivity index is 1.96. The highest BCUT2D eigenvalue weighted by Crippen LogP contribution is 2.22. The molecule has 2 aromatic carbocycles. The Morgan fingerprint density at radius 3 is 2.68 bits per heavy atom. The summed E-state index contributed by atoms with van der Waals surface area (Å²) in [6.07, 6.45) is -0.723. The largest absolute Gasteiger partial charge is 0.392 e. The standard InChI is InChI=1S/C21H21ClN2O3S/c1-12-4-6-16(13(2)8-12)19(26)11-28-21-23-18-9-15(22)5-7-17(18)20(27)24(21)10-14(3)25/h4-9,14,25H,10-11H2,1-3H3/t14-/m1/s1. The summed E-state index contributed by atoms with van der Waals surface area (Å²) >= 11 is 7.22. The first kappa shape index (κ1) is 20.6. The molecule has 0 saturated heterocycles. The molecule has 1 atom stereocenters. The van der Waals surface area contributed by atoms with Gasteiger partial charge in [0.15, 0.2) is 10.9 Å². The van der Waals surface area contributed by atoms with Crippen molar-refractivity contribution in [2.45, 2.75) is 38.6 Å². The minimum Gasteiger partial charge on any atom is -0.392 e. The van der Waals surface area contributed by atoms with E-state index in [1.165, 1.54) is 16.3 Å². The number of benzene rings is 2. The molecule has 0 saturated carbocycles. The molecule has 0 aliphatic rings. The van der Waals surface area contributed by atoms with Crippen molar-refractivity contribution in [2.75, 3.05) is 5.75 Å². The molecular weight excluding hydrogens is 396 g/mol. The number of halogens is 1. The Kier molecular flexibility index (Phi) is 6.23. The van der Waals surface area contributed by atoms with Crippen molar-refractivity contribution in [3.8, 4) is 0 Å². The van der Waals surface area contributed by atoms with Crippen LogP contribution in [0.3, 0.4) is 0 Å². The zero-order valence-electron chi connectivity index (χ0n) is 15.9. The number of Topliss-reactive ketones (excluding diaryl/α,β-unsaturated/α-hetero) is 1. The number of carbonyl (C=O) groups excluding carboxylic acids is 1. The second kappa shape index (κ2) is 8.47. The highest BCUT2D eigenvalue weighted by Gasteiger charge is 2.16. The summed E-state index contributed by atoms with van der Waals surface area (Å²) in [7, 11) is 0. The zero-order chi connectivity index (χ0) is 20.4. The second-order valence-electron chi connectivity index (χ2n) is 6.85. The molecule has 0 fully saturated rings. The third-order valence-electron chi connectivity index (χ3n) is 4.34. The fourth-order valence-electron chi connectivity index (χ4n) is 3.04. The fraction of sp³-hybridized carbons (Fsp3) is 0.286. The van der Waals surface area contributed by atoms with Crippen LogP contribution in [0.2, 0.25) is 5.02 Å². The molecule has 1 N–H and O–H groups in total. The number of carbonyl (C=O) groups is 1. The van der Waals surface area contributed by atoms with E-state index >= 15 is 0 Å². The van der Waals surface area contributed by atoms with Crippen LogP contribution in [-0.2, 0) is 6.54 Å². The normalized spacial score (nSPS) is 12.3. The summed E-state index contributed by atoms with van der Waals surface area (Å²) in [5, 5.41) is 11.1. The number of rotatable bonds is 6. The monoisotopic (exact) mass is 416 g/mol. The van der Waals surface area contributed by atoms with E-state index in [1.807, 2.05) is 32.0 Å². The van der Waals surface area contributed by atoms with Crippen molar-refractivity contribution in [2.24, 2.45) is 0 Å². The molecule has 0 spiro atoms. The Morgan fingerprint density at radius 2 is 2.00 bits per heavy atom. The molecule has 1 heterocycles. The summed E-state index contributed by atoms with van der Waals surface area (Å²) in [5.74, 6) is 0.105. The van der Waals surface area contributed by atoms with Crippen molar-refractivity contribution in [3.05, 3.63) is 68.5 Å². The van der Waals surface area contributed by atoms with Crippen LogP contribution in [0.4, 0.5) is 0 Å². The smallest absolute Gasteiger partial charge is 0.262 e. The number of thioether (sulfide) groups is 1. The lowest BCUT2D eigenvalue weighted by molar-refractivity contribution is 0.102. The van der Waals surface area contributed by atoms with Crippen LogP contribution in [0.1, 0.15) is 28.4 Å². The maximum Gasteiger partial charge on any atom is 0.262 e. The first-order chi connectivity index (χ1) is 13.3. The quantitative estimate of drug-likeness (QED) is 0.373. The van der Waals surface area contributed by atoms with E-state index in [9.17, 15) is 14.7 Å². The first-order valence-electron chi connectivity index (χ1n) is 8.87. The summed E-state index contributed by atoms with van der Waals surface area (Å²) in [4.78, 5) is 30.1. The third kappa shape index (κ3) is 4.46. The lowest BCUT2D eigenvalue weighted by Gasteiger charge is -2.14. The second-order valence-corrected chi connectivity index (χ2v) is 8.23. The van der Waals surface area contributed by atoms with E-state index in [0.717, 1.165) is 11.1 Å². The van der Waals surface area contributed by atoms with Gasteiger partial charge in [-0.2, -0.15) is 0 Å². The van der Waals surface area contributed by atoms with Gasteiger partial charge in [0.1, 0.15) is 0 Å². The van der Waals surface area contributed by atoms with Crippen molar-refractivity contribution in [3.63, 3.8) is 0 Å². The Labute approximate surface area is 172 Å². The van der Waals surface area contributed by atoms with Crippen LogP contribution in [0, 0.1) is 13.8 Å². The van der Waals surface area contributed by atoms with Gasteiger partial charge in [0.25, 0.3) is 5.56 Å². The van der Waals surface area contributed by atoms with Gasteiger partial charge in [0.2, 0.25) is 0 Å². The maximum atomic E-state index is 12.9. The Morgan fingerprint density at radius 1 is 1.25 bits per heavy atom. The van der Waals surface area contributed by atoms with Gasteiger partial charge in [-0.3, -0.25) is 14.2 Å². The maximum absolute atomic E-state index is 12.9. The van der Waals surface area contributed by atoms with Crippen molar-refractivity contribution in [1.29, 1.82) is 0 Å². The molecule has 3 aromatic rings. The van der Waals surface area contributed by atoms with E-state index in [4.69, 9.17) is 11.6 Å². The molecule has 0 aliphatic heterocycles. The molecule has 5 nitrogen and oxygen atoms in total.